The number of carbonyl (C=O) groups is 3. The lowest BCUT2D eigenvalue weighted by Crippen LogP contribution is -2.31. The van der Waals surface area contributed by atoms with Gasteiger partial charge in [-0.15, -0.1) is 0 Å². The summed E-state index contributed by atoms with van der Waals surface area (Å²) in [7, 11) is 0. The maximum atomic E-state index is 11.3. The Labute approximate surface area is 117 Å². The monoisotopic (exact) mass is 284 g/mol. The fraction of sp³-hybridized carbons (Fsp3) is 0.769. The van der Waals surface area contributed by atoms with E-state index in [0.29, 0.717) is 25.9 Å². The zero-order chi connectivity index (χ0) is 14.4. The molecule has 0 spiro atoms. The van der Waals surface area contributed by atoms with Crippen LogP contribution in [0.1, 0.15) is 25.7 Å². The highest BCUT2D eigenvalue weighted by molar-refractivity contribution is 5.78. The van der Waals surface area contributed by atoms with Crippen LogP contribution in [0.15, 0.2) is 0 Å². The minimum Gasteiger partial charge on any atom is -0.432 e. The van der Waals surface area contributed by atoms with Gasteiger partial charge < -0.3 is 19.3 Å². The highest BCUT2D eigenvalue weighted by Crippen LogP contribution is 2.09. The van der Waals surface area contributed by atoms with Gasteiger partial charge in [-0.3, -0.25) is 9.59 Å². The van der Waals surface area contributed by atoms with Gasteiger partial charge in [0.1, 0.15) is 13.2 Å². The van der Waals surface area contributed by atoms with Crippen molar-refractivity contribution in [2.24, 2.45) is 0 Å². The average Bonchev–Trinajstić information content (AvgIpc) is 3.00. The molecule has 0 saturated carbocycles. The molecule has 2 heterocycles. The third kappa shape index (κ3) is 4.11. The van der Waals surface area contributed by atoms with Crippen molar-refractivity contribution >= 4 is 18.0 Å². The smallest absolute Gasteiger partial charge is 0.432 e. The Morgan fingerprint density at radius 1 is 0.900 bits per heavy atom. The van der Waals surface area contributed by atoms with Gasteiger partial charge in [0.2, 0.25) is 11.8 Å². The standard InChI is InChI=1S/C13H20N2O5/c16-11-3-1-5-14(11)7-9-19-13(18)20-10-8-15-6-2-4-12(15)17/h1-10H2. The van der Waals surface area contributed by atoms with Crippen LogP contribution < -0.4 is 0 Å². The van der Waals surface area contributed by atoms with Crippen LogP contribution in [0.2, 0.25) is 0 Å². The maximum absolute atomic E-state index is 11.3. The molecule has 2 rings (SSSR count). The lowest BCUT2D eigenvalue weighted by Gasteiger charge is -2.16. The first kappa shape index (κ1) is 14.6. The molecule has 0 aromatic rings. The second-order valence-corrected chi connectivity index (χ2v) is 4.92. The molecule has 20 heavy (non-hydrogen) atoms. The molecule has 0 N–H and O–H groups in total. The summed E-state index contributed by atoms with van der Waals surface area (Å²) in [4.78, 5) is 37.3. The van der Waals surface area contributed by atoms with E-state index in [0.717, 1.165) is 25.9 Å². The van der Waals surface area contributed by atoms with Gasteiger partial charge in [-0.25, -0.2) is 4.79 Å². The van der Waals surface area contributed by atoms with Crippen LogP contribution in [0.5, 0.6) is 0 Å². The molecule has 0 atom stereocenters. The molecule has 0 aromatic heterocycles. The van der Waals surface area contributed by atoms with Crippen molar-refractivity contribution in [3.05, 3.63) is 0 Å². The molecule has 2 aliphatic heterocycles. The van der Waals surface area contributed by atoms with Crippen molar-refractivity contribution in [2.75, 3.05) is 39.4 Å². The number of amides is 2. The molecule has 2 fully saturated rings. The number of hydrogen-bond donors (Lipinski definition) is 0. The molecule has 7 nitrogen and oxygen atoms in total. The van der Waals surface area contributed by atoms with Gasteiger partial charge in [-0.05, 0) is 12.8 Å². The highest BCUT2D eigenvalue weighted by Gasteiger charge is 2.21. The summed E-state index contributed by atoms with van der Waals surface area (Å²) in [5.41, 5.74) is 0. The molecule has 7 heteroatoms. The molecule has 0 radical (unpaired) electrons. The van der Waals surface area contributed by atoms with E-state index in [2.05, 4.69) is 0 Å². The van der Waals surface area contributed by atoms with Crippen LogP contribution in [0.3, 0.4) is 0 Å². The summed E-state index contributed by atoms with van der Waals surface area (Å²) >= 11 is 0. The lowest BCUT2D eigenvalue weighted by molar-refractivity contribution is -0.128. The topological polar surface area (TPSA) is 76.2 Å². The Morgan fingerprint density at radius 2 is 1.35 bits per heavy atom. The first-order valence-corrected chi connectivity index (χ1v) is 7.02. The van der Waals surface area contributed by atoms with Crippen molar-refractivity contribution in [1.29, 1.82) is 0 Å². The highest BCUT2D eigenvalue weighted by atomic mass is 16.7. The Kier molecular flexibility index (Phi) is 5.20. The van der Waals surface area contributed by atoms with Crippen LogP contribution >= 0.6 is 0 Å². The van der Waals surface area contributed by atoms with Crippen LogP contribution in [0.25, 0.3) is 0 Å². The largest absolute Gasteiger partial charge is 0.508 e. The summed E-state index contributed by atoms with van der Waals surface area (Å²) in [5.74, 6) is 0.212. The van der Waals surface area contributed by atoms with Crippen molar-refractivity contribution in [3.8, 4) is 0 Å². The molecule has 2 saturated heterocycles. The minimum atomic E-state index is -0.747. The third-order valence-corrected chi connectivity index (χ3v) is 3.50. The van der Waals surface area contributed by atoms with E-state index < -0.39 is 6.16 Å². The second kappa shape index (κ2) is 7.12. The summed E-state index contributed by atoms with van der Waals surface area (Å²) in [6.45, 7) is 2.58. The Hall–Kier alpha value is -1.79. The van der Waals surface area contributed by atoms with Crippen LogP contribution in [-0.4, -0.2) is 67.2 Å². The van der Waals surface area contributed by atoms with Crippen molar-refractivity contribution in [2.45, 2.75) is 25.7 Å². The summed E-state index contributed by atoms with van der Waals surface area (Å²) in [6, 6.07) is 0. The Bertz CT molecular complexity index is 351. The zero-order valence-electron chi connectivity index (χ0n) is 11.5. The van der Waals surface area contributed by atoms with E-state index in [-0.39, 0.29) is 25.0 Å². The van der Waals surface area contributed by atoms with Crippen LogP contribution in [-0.2, 0) is 19.1 Å². The average molecular weight is 284 g/mol. The molecule has 0 bridgehead atoms. The van der Waals surface area contributed by atoms with Crippen LogP contribution in [0, 0.1) is 0 Å². The fourth-order valence-corrected chi connectivity index (χ4v) is 2.40. The summed E-state index contributed by atoms with van der Waals surface area (Å²) < 4.78 is 9.77. The van der Waals surface area contributed by atoms with E-state index >= 15 is 0 Å². The third-order valence-electron chi connectivity index (χ3n) is 3.50. The first-order valence-electron chi connectivity index (χ1n) is 7.02. The maximum Gasteiger partial charge on any atom is 0.508 e. The van der Waals surface area contributed by atoms with E-state index in [1.54, 1.807) is 9.80 Å². The molecule has 0 aromatic carbocycles. The van der Waals surface area contributed by atoms with Crippen molar-refractivity contribution < 1.29 is 23.9 Å². The van der Waals surface area contributed by atoms with Crippen molar-refractivity contribution in [3.63, 3.8) is 0 Å². The molecule has 2 amide bonds. The Morgan fingerprint density at radius 3 is 1.70 bits per heavy atom. The second-order valence-electron chi connectivity index (χ2n) is 4.92. The van der Waals surface area contributed by atoms with E-state index in [4.69, 9.17) is 9.47 Å². The van der Waals surface area contributed by atoms with Crippen molar-refractivity contribution in [1.82, 2.24) is 9.80 Å². The summed E-state index contributed by atoms with van der Waals surface area (Å²) in [5, 5.41) is 0. The minimum absolute atomic E-state index is 0.106. The predicted molar refractivity (Wildman–Crippen MR) is 68.9 cm³/mol. The van der Waals surface area contributed by atoms with Crippen LogP contribution in [0.4, 0.5) is 4.79 Å². The van der Waals surface area contributed by atoms with Gasteiger partial charge in [0.25, 0.3) is 0 Å². The van der Waals surface area contributed by atoms with Gasteiger partial charge in [-0.1, -0.05) is 0 Å². The van der Waals surface area contributed by atoms with Gasteiger partial charge in [0.15, 0.2) is 0 Å². The molecular formula is C13H20N2O5. The SMILES string of the molecule is O=C(OCCN1CCCC1=O)OCCN1CCCC1=O. The van der Waals surface area contributed by atoms with Gasteiger partial charge >= 0.3 is 6.16 Å². The van der Waals surface area contributed by atoms with Gasteiger partial charge in [0.05, 0.1) is 13.1 Å². The zero-order valence-corrected chi connectivity index (χ0v) is 11.5. The molecule has 0 aliphatic carbocycles. The predicted octanol–water partition coefficient (Wildman–Crippen LogP) is 0.384. The lowest BCUT2D eigenvalue weighted by atomic mass is 10.4. The Balaban J connectivity index is 1.52. The van der Waals surface area contributed by atoms with E-state index in [1.165, 1.54) is 0 Å². The van der Waals surface area contributed by atoms with E-state index in [1.807, 2.05) is 0 Å². The fourth-order valence-electron chi connectivity index (χ4n) is 2.40. The molecular weight excluding hydrogens is 264 g/mol. The number of carbonyl (C=O) groups excluding carboxylic acids is 3. The number of ether oxygens (including phenoxy) is 2. The van der Waals surface area contributed by atoms with Gasteiger partial charge in [-0.2, -0.15) is 0 Å². The summed E-state index contributed by atoms with van der Waals surface area (Å²) in [6.07, 6.45) is 2.14. The number of likely N-dealkylation sites (tertiary alicyclic amines) is 2. The molecule has 2 aliphatic rings. The number of rotatable bonds is 6. The first-order chi connectivity index (χ1) is 9.66. The molecule has 112 valence electrons. The number of nitrogens with zero attached hydrogens (tertiary/aromatic N) is 2. The normalized spacial score (nSPS) is 18.8. The molecule has 0 unspecified atom stereocenters. The van der Waals surface area contributed by atoms with Gasteiger partial charge in [0, 0.05) is 25.9 Å². The number of hydrogen-bond acceptors (Lipinski definition) is 5. The van der Waals surface area contributed by atoms with E-state index in [9.17, 15) is 14.4 Å². The quantitative estimate of drug-likeness (QED) is 0.659.